The van der Waals surface area contributed by atoms with Crippen LogP contribution >= 0.6 is 23.4 Å². The van der Waals surface area contributed by atoms with Crippen LogP contribution in [0.25, 0.3) is 5.69 Å². The van der Waals surface area contributed by atoms with Gasteiger partial charge in [-0.2, -0.15) is 0 Å². The first-order valence-corrected chi connectivity index (χ1v) is 11.3. The molecule has 1 N–H and O–H groups in total. The molecule has 1 aromatic heterocycles. The monoisotopic (exact) mass is 479 g/mol. The van der Waals surface area contributed by atoms with Crippen molar-refractivity contribution in [3.63, 3.8) is 0 Å². The third-order valence-corrected chi connectivity index (χ3v) is 6.00. The number of rotatable bonds is 8. The van der Waals surface area contributed by atoms with E-state index in [4.69, 9.17) is 11.6 Å². The molecular formula is C23H18ClN5O3S. The summed E-state index contributed by atoms with van der Waals surface area (Å²) in [5.41, 5.74) is 2.25. The van der Waals surface area contributed by atoms with Gasteiger partial charge < -0.3 is 5.32 Å². The zero-order valence-electron chi connectivity index (χ0n) is 17.2. The summed E-state index contributed by atoms with van der Waals surface area (Å²) in [6, 6.07) is 22.6. The van der Waals surface area contributed by atoms with Crippen molar-refractivity contribution >= 4 is 35.0 Å². The molecule has 4 rings (SSSR count). The fourth-order valence-corrected chi connectivity index (χ4v) is 4.13. The van der Waals surface area contributed by atoms with Gasteiger partial charge >= 0.3 is 0 Å². The van der Waals surface area contributed by atoms with Gasteiger partial charge in [0.05, 0.1) is 11.5 Å². The standard InChI is InChI=1S/C23H18ClN5O3S/c24-18-8-6-17(7-9-18)22(30)25-14-21-26-27-23(33-15-16-4-2-1-3-5-16)28(21)19-10-12-20(13-11-19)29(31)32/h1-13H,14-15H2,(H,25,30). The van der Waals surface area contributed by atoms with Crippen molar-refractivity contribution < 1.29 is 9.72 Å². The highest BCUT2D eigenvalue weighted by Crippen LogP contribution is 2.26. The van der Waals surface area contributed by atoms with Crippen molar-refractivity contribution in [3.05, 3.63) is 111 Å². The third-order valence-electron chi connectivity index (χ3n) is 4.74. The van der Waals surface area contributed by atoms with E-state index in [0.29, 0.717) is 33.0 Å². The van der Waals surface area contributed by atoms with Crippen molar-refractivity contribution in [1.29, 1.82) is 0 Å². The first-order chi connectivity index (χ1) is 16.0. The minimum absolute atomic E-state index is 0.0112. The number of nitro groups is 1. The van der Waals surface area contributed by atoms with Crippen molar-refractivity contribution in [2.45, 2.75) is 17.5 Å². The molecule has 0 bridgehead atoms. The first kappa shape index (κ1) is 22.5. The molecule has 3 aromatic carbocycles. The SMILES string of the molecule is O=C(NCc1nnc(SCc2ccccc2)n1-c1ccc([N+](=O)[O-])cc1)c1ccc(Cl)cc1. The Morgan fingerprint density at radius 2 is 1.70 bits per heavy atom. The Labute approximate surface area is 198 Å². The van der Waals surface area contributed by atoms with E-state index in [0.717, 1.165) is 5.56 Å². The molecule has 0 aliphatic carbocycles. The smallest absolute Gasteiger partial charge is 0.269 e. The molecule has 0 fully saturated rings. The van der Waals surface area contributed by atoms with E-state index in [9.17, 15) is 14.9 Å². The van der Waals surface area contributed by atoms with Crippen LogP contribution in [-0.2, 0) is 12.3 Å². The topological polar surface area (TPSA) is 103 Å². The molecule has 33 heavy (non-hydrogen) atoms. The van der Waals surface area contributed by atoms with Crippen LogP contribution in [0.1, 0.15) is 21.7 Å². The van der Waals surface area contributed by atoms with Crippen molar-refractivity contribution in [3.8, 4) is 5.69 Å². The van der Waals surface area contributed by atoms with Crippen molar-refractivity contribution in [1.82, 2.24) is 20.1 Å². The molecule has 0 radical (unpaired) electrons. The fourth-order valence-electron chi connectivity index (χ4n) is 3.08. The predicted molar refractivity (Wildman–Crippen MR) is 127 cm³/mol. The maximum atomic E-state index is 12.5. The van der Waals surface area contributed by atoms with Crippen molar-refractivity contribution in [2.24, 2.45) is 0 Å². The van der Waals surface area contributed by atoms with Crippen LogP contribution in [0.5, 0.6) is 0 Å². The number of non-ortho nitro benzene ring substituents is 1. The molecular weight excluding hydrogens is 462 g/mol. The van der Waals surface area contributed by atoms with Crippen LogP contribution < -0.4 is 5.32 Å². The zero-order valence-corrected chi connectivity index (χ0v) is 18.8. The third kappa shape index (κ3) is 5.57. The summed E-state index contributed by atoms with van der Waals surface area (Å²) in [5, 5.41) is 23.6. The molecule has 0 aliphatic rings. The number of nitrogens with one attached hydrogen (secondary N) is 1. The summed E-state index contributed by atoms with van der Waals surface area (Å²) < 4.78 is 1.79. The van der Waals surface area contributed by atoms with E-state index in [-0.39, 0.29) is 18.1 Å². The highest BCUT2D eigenvalue weighted by molar-refractivity contribution is 7.98. The number of hydrogen-bond acceptors (Lipinski definition) is 6. The van der Waals surface area contributed by atoms with Gasteiger partial charge in [-0.25, -0.2) is 0 Å². The average Bonchev–Trinajstić information content (AvgIpc) is 3.25. The molecule has 1 amide bonds. The number of aromatic nitrogens is 3. The van der Waals surface area contributed by atoms with Crippen LogP contribution in [0.3, 0.4) is 0 Å². The minimum Gasteiger partial charge on any atom is -0.345 e. The molecule has 0 aliphatic heterocycles. The Balaban J connectivity index is 1.58. The number of hydrogen-bond donors (Lipinski definition) is 1. The van der Waals surface area contributed by atoms with Gasteiger partial charge in [-0.3, -0.25) is 19.5 Å². The predicted octanol–water partition coefficient (Wildman–Crippen LogP) is 5.05. The lowest BCUT2D eigenvalue weighted by Gasteiger charge is -2.11. The molecule has 4 aromatic rings. The average molecular weight is 480 g/mol. The fraction of sp³-hybridized carbons (Fsp3) is 0.0870. The van der Waals surface area contributed by atoms with Gasteiger partial charge in [-0.05, 0) is 42.0 Å². The first-order valence-electron chi connectivity index (χ1n) is 9.91. The zero-order chi connectivity index (χ0) is 23.2. The van der Waals surface area contributed by atoms with Gasteiger partial charge in [-0.15, -0.1) is 10.2 Å². The molecule has 1 heterocycles. The number of nitro benzene ring substituents is 1. The number of amides is 1. The van der Waals surface area contributed by atoms with E-state index < -0.39 is 4.92 Å². The van der Waals surface area contributed by atoms with Crippen molar-refractivity contribution in [2.75, 3.05) is 0 Å². The maximum Gasteiger partial charge on any atom is 0.269 e. The lowest BCUT2D eigenvalue weighted by atomic mass is 10.2. The second-order valence-corrected chi connectivity index (χ2v) is 8.35. The summed E-state index contributed by atoms with van der Waals surface area (Å²) in [6.07, 6.45) is 0. The molecule has 0 saturated carbocycles. The van der Waals surface area contributed by atoms with Gasteiger partial charge in [-0.1, -0.05) is 53.7 Å². The molecule has 0 unspecified atom stereocenters. The summed E-state index contributed by atoms with van der Waals surface area (Å²) in [6.45, 7) is 0.122. The van der Waals surface area contributed by atoms with Gasteiger partial charge in [0.1, 0.15) is 0 Å². The number of carbonyl (C=O) groups is 1. The second-order valence-electron chi connectivity index (χ2n) is 6.97. The molecule has 10 heteroatoms. The lowest BCUT2D eigenvalue weighted by Crippen LogP contribution is -2.24. The van der Waals surface area contributed by atoms with E-state index in [1.807, 2.05) is 30.3 Å². The number of halogens is 1. The van der Waals surface area contributed by atoms with Crippen LogP contribution in [0, 0.1) is 10.1 Å². The van der Waals surface area contributed by atoms with E-state index in [1.165, 1.54) is 23.9 Å². The molecule has 0 spiro atoms. The highest BCUT2D eigenvalue weighted by atomic mass is 35.5. The Hall–Kier alpha value is -3.69. The van der Waals surface area contributed by atoms with Gasteiger partial charge in [0.25, 0.3) is 11.6 Å². The Morgan fingerprint density at radius 3 is 2.36 bits per heavy atom. The number of nitrogens with zero attached hydrogens (tertiary/aromatic N) is 4. The van der Waals surface area contributed by atoms with Crippen LogP contribution in [0.4, 0.5) is 5.69 Å². The van der Waals surface area contributed by atoms with E-state index >= 15 is 0 Å². The van der Waals surface area contributed by atoms with Crippen LogP contribution in [-0.4, -0.2) is 25.6 Å². The van der Waals surface area contributed by atoms with E-state index in [2.05, 4.69) is 15.5 Å². The summed E-state index contributed by atoms with van der Waals surface area (Å²) in [5.74, 6) is 0.897. The van der Waals surface area contributed by atoms with Crippen LogP contribution in [0.15, 0.2) is 84.0 Å². The summed E-state index contributed by atoms with van der Waals surface area (Å²) >= 11 is 7.37. The van der Waals surface area contributed by atoms with E-state index in [1.54, 1.807) is 41.0 Å². The molecule has 0 saturated heterocycles. The largest absolute Gasteiger partial charge is 0.345 e. The number of thioether (sulfide) groups is 1. The van der Waals surface area contributed by atoms with Gasteiger partial charge in [0.2, 0.25) is 0 Å². The van der Waals surface area contributed by atoms with Crippen LogP contribution in [0.2, 0.25) is 5.02 Å². The summed E-state index contributed by atoms with van der Waals surface area (Å²) in [7, 11) is 0. The number of carbonyl (C=O) groups excluding carboxylic acids is 1. The molecule has 0 atom stereocenters. The Morgan fingerprint density at radius 1 is 1.00 bits per heavy atom. The second kappa shape index (κ2) is 10.3. The molecule has 8 nitrogen and oxygen atoms in total. The Bertz CT molecular complexity index is 1260. The normalized spacial score (nSPS) is 10.7. The molecule has 166 valence electrons. The summed E-state index contributed by atoms with van der Waals surface area (Å²) in [4.78, 5) is 23.1. The minimum atomic E-state index is -0.450. The van der Waals surface area contributed by atoms with Gasteiger partial charge in [0.15, 0.2) is 11.0 Å². The quantitative estimate of drug-likeness (QED) is 0.215. The number of benzene rings is 3. The lowest BCUT2D eigenvalue weighted by molar-refractivity contribution is -0.384. The Kier molecular flexibility index (Phi) is 7.01. The maximum absolute atomic E-state index is 12.5. The van der Waals surface area contributed by atoms with Gasteiger partial charge in [0, 0.05) is 34.2 Å². The highest BCUT2D eigenvalue weighted by Gasteiger charge is 2.17.